The summed E-state index contributed by atoms with van der Waals surface area (Å²) in [6.07, 6.45) is -1.03. The summed E-state index contributed by atoms with van der Waals surface area (Å²) < 4.78 is 21.9. The molecule has 0 aliphatic rings. The van der Waals surface area contributed by atoms with Gasteiger partial charge in [-0.1, -0.05) is 47.5 Å². The number of ether oxygens (including phenoxy) is 4. The van der Waals surface area contributed by atoms with Crippen molar-refractivity contribution < 1.29 is 28.5 Å². The summed E-state index contributed by atoms with van der Waals surface area (Å²) >= 11 is 12.0. The Hall–Kier alpha value is -2.12. The van der Waals surface area contributed by atoms with Gasteiger partial charge in [-0.15, -0.1) is 0 Å². The summed E-state index contributed by atoms with van der Waals surface area (Å²) in [6.45, 7) is 5.94. The Morgan fingerprint density at radius 3 is 1.71 bits per heavy atom. The van der Waals surface area contributed by atoms with Crippen molar-refractivity contribution in [3.63, 3.8) is 0 Å². The molecule has 3 atom stereocenters. The van der Waals surface area contributed by atoms with Crippen LogP contribution in [0, 0.1) is 0 Å². The van der Waals surface area contributed by atoms with Gasteiger partial charge in [0.1, 0.15) is 12.7 Å². The van der Waals surface area contributed by atoms with Gasteiger partial charge in [0, 0.05) is 0 Å². The summed E-state index contributed by atoms with van der Waals surface area (Å²) in [6, 6.07) is 13.4. The molecule has 0 spiro atoms. The lowest BCUT2D eigenvalue weighted by molar-refractivity contribution is -0.0682. The molecule has 6 nitrogen and oxygen atoms in total. The maximum atomic E-state index is 12.1. The predicted octanol–water partition coefficient (Wildman–Crippen LogP) is 5.21. The molecule has 0 heterocycles. The molecule has 0 aliphatic carbocycles. The fraction of sp³-hybridized carbons (Fsp3) is 0.391. The zero-order valence-electron chi connectivity index (χ0n) is 17.7. The van der Waals surface area contributed by atoms with Gasteiger partial charge in [0.15, 0.2) is 0 Å². The largest absolute Gasteiger partial charge is 0.459 e. The average molecular weight is 469 g/mol. The molecule has 2 rings (SSSR count). The summed E-state index contributed by atoms with van der Waals surface area (Å²) in [5, 5.41) is 0.680. The van der Waals surface area contributed by atoms with Crippen LogP contribution in [0.25, 0.3) is 0 Å². The molecule has 168 valence electrons. The Morgan fingerprint density at radius 1 is 0.710 bits per heavy atom. The fourth-order valence-corrected chi connectivity index (χ4v) is 2.93. The van der Waals surface area contributed by atoms with E-state index in [0.29, 0.717) is 21.2 Å². The van der Waals surface area contributed by atoms with Crippen LogP contribution in [0.1, 0.15) is 41.5 Å². The first-order valence-electron chi connectivity index (χ1n) is 9.88. The van der Waals surface area contributed by atoms with Crippen LogP contribution in [-0.4, -0.2) is 50.1 Å². The molecule has 0 amide bonds. The van der Waals surface area contributed by atoms with Crippen LogP contribution in [0.5, 0.6) is 0 Å². The van der Waals surface area contributed by atoms with Gasteiger partial charge in [-0.2, -0.15) is 0 Å². The minimum atomic E-state index is -0.500. The molecule has 0 aliphatic heterocycles. The minimum absolute atomic E-state index is 0.0859. The smallest absolute Gasteiger partial charge is 0.339 e. The second-order valence-electron chi connectivity index (χ2n) is 7.06. The standard InChI is InChI=1S/C23H26Cl2O6/c1-15(29-14-17(3)31-23(27)19-9-5-7-11-21(19)25)12-28-16(2)13-30-22(26)18-8-4-6-10-20(18)24/h4-11,15-17H,12-14H2,1-3H3. The monoisotopic (exact) mass is 468 g/mol. The average Bonchev–Trinajstić information content (AvgIpc) is 2.75. The molecule has 8 heteroatoms. The highest BCUT2D eigenvalue weighted by atomic mass is 35.5. The SMILES string of the molecule is CC(COC(=O)c1ccccc1Cl)OCC(C)OCC(C)OC(=O)c1ccccc1Cl. The summed E-state index contributed by atoms with van der Waals surface area (Å²) in [5.41, 5.74) is 0.626. The second kappa shape index (κ2) is 12.7. The lowest BCUT2D eigenvalue weighted by Gasteiger charge is -2.20. The Labute approximate surface area is 192 Å². The van der Waals surface area contributed by atoms with Crippen LogP contribution in [0.3, 0.4) is 0 Å². The van der Waals surface area contributed by atoms with Crippen molar-refractivity contribution in [2.24, 2.45) is 0 Å². The van der Waals surface area contributed by atoms with Crippen LogP contribution in [0.4, 0.5) is 0 Å². The van der Waals surface area contributed by atoms with E-state index in [1.807, 2.05) is 6.92 Å². The number of hydrogen-bond acceptors (Lipinski definition) is 6. The van der Waals surface area contributed by atoms with Crippen LogP contribution in [-0.2, 0) is 18.9 Å². The Balaban J connectivity index is 1.65. The van der Waals surface area contributed by atoms with E-state index < -0.39 is 18.0 Å². The summed E-state index contributed by atoms with van der Waals surface area (Å²) in [4.78, 5) is 24.2. The van der Waals surface area contributed by atoms with Crippen molar-refractivity contribution in [3.8, 4) is 0 Å². The Kier molecular flexibility index (Phi) is 10.3. The van der Waals surface area contributed by atoms with Crippen molar-refractivity contribution >= 4 is 35.1 Å². The normalized spacial score (nSPS) is 13.8. The molecule has 0 N–H and O–H groups in total. The van der Waals surface area contributed by atoms with Crippen molar-refractivity contribution in [1.82, 2.24) is 0 Å². The highest BCUT2D eigenvalue weighted by Gasteiger charge is 2.17. The maximum Gasteiger partial charge on any atom is 0.339 e. The van der Waals surface area contributed by atoms with E-state index in [0.717, 1.165) is 0 Å². The minimum Gasteiger partial charge on any atom is -0.459 e. The van der Waals surface area contributed by atoms with E-state index in [1.165, 1.54) is 0 Å². The molecule has 0 fully saturated rings. The number of benzene rings is 2. The van der Waals surface area contributed by atoms with E-state index in [-0.39, 0.29) is 32.0 Å². The maximum absolute atomic E-state index is 12.1. The topological polar surface area (TPSA) is 71.1 Å². The summed E-state index contributed by atoms with van der Waals surface area (Å²) in [7, 11) is 0. The molecular weight excluding hydrogens is 443 g/mol. The van der Waals surface area contributed by atoms with E-state index in [2.05, 4.69) is 0 Å². The Morgan fingerprint density at radius 2 is 1.16 bits per heavy atom. The molecule has 0 saturated carbocycles. The fourth-order valence-electron chi connectivity index (χ4n) is 2.50. The van der Waals surface area contributed by atoms with Gasteiger partial charge in [0.25, 0.3) is 0 Å². The number of halogens is 2. The highest BCUT2D eigenvalue weighted by Crippen LogP contribution is 2.17. The molecule has 0 bridgehead atoms. The van der Waals surface area contributed by atoms with Crippen LogP contribution in [0.15, 0.2) is 48.5 Å². The third-order valence-electron chi connectivity index (χ3n) is 4.18. The number of carbonyl (C=O) groups is 2. The highest BCUT2D eigenvalue weighted by molar-refractivity contribution is 6.33. The van der Waals surface area contributed by atoms with Gasteiger partial charge >= 0.3 is 11.9 Å². The first-order valence-corrected chi connectivity index (χ1v) is 10.6. The zero-order valence-corrected chi connectivity index (χ0v) is 19.2. The summed E-state index contributed by atoms with van der Waals surface area (Å²) in [5.74, 6) is -1.00. The van der Waals surface area contributed by atoms with E-state index >= 15 is 0 Å². The van der Waals surface area contributed by atoms with E-state index in [4.69, 9.17) is 42.1 Å². The van der Waals surface area contributed by atoms with Gasteiger partial charge in [0.05, 0.1) is 46.6 Å². The number of esters is 2. The number of hydrogen-bond donors (Lipinski definition) is 0. The van der Waals surface area contributed by atoms with Crippen molar-refractivity contribution in [2.75, 3.05) is 19.8 Å². The van der Waals surface area contributed by atoms with Gasteiger partial charge in [-0.25, -0.2) is 9.59 Å². The quantitative estimate of drug-likeness (QED) is 0.421. The van der Waals surface area contributed by atoms with Crippen molar-refractivity contribution in [3.05, 3.63) is 69.7 Å². The third-order valence-corrected chi connectivity index (χ3v) is 4.83. The van der Waals surface area contributed by atoms with Crippen molar-refractivity contribution in [2.45, 2.75) is 39.1 Å². The number of rotatable bonds is 11. The van der Waals surface area contributed by atoms with Gasteiger partial charge in [-0.3, -0.25) is 0 Å². The molecule has 2 aromatic rings. The van der Waals surface area contributed by atoms with Gasteiger partial charge in [-0.05, 0) is 45.0 Å². The molecule has 31 heavy (non-hydrogen) atoms. The molecular formula is C23H26Cl2O6. The molecule has 2 aromatic carbocycles. The first kappa shape index (κ1) is 25.1. The molecule has 0 saturated heterocycles. The third kappa shape index (κ3) is 8.50. The van der Waals surface area contributed by atoms with Crippen molar-refractivity contribution in [1.29, 1.82) is 0 Å². The molecule has 0 aromatic heterocycles. The lowest BCUT2D eigenvalue weighted by atomic mass is 10.2. The number of carbonyl (C=O) groups excluding carboxylic acids is 2. The van der Waals surface area contributed by atoms with Crippen LogP contribution >= 0.6 is 23.2 Å². The molecule has 0 radical (unpaired) electrons. The zero-order chi connectivity index (χ0) is 22.8. The molecule has 3 unspecified atom stereocenters. The Bertz CT molecular complexity index is 873. The van der Waals surface area contributed by atoms with Gasteiger partial charge in [0.2, 0.25) is 0 Å². The predicted molar refractivity (Wildman–Crippen MR) is 119 cm³/mol. The van der Waals surface area contributed by atoms with Crippen LogP contribution in [0.2, 0.25) is 10.0 Å². The first-order chi connectivity index (χ1) is 14.8. The second-order valence-corrected chi connectivity index (χ2v) is 7.88. The van der Waals surface area contributed by atoms with E-state index in [1.54, 1.807) is 62.4 Å². The lowest BCUT2D eigenvalue weighted by Crippen LogP contribution is -2.28. The van der Waals surface area contributed by atoms with Crippen LogP contribution < -0.4 is 0 Å². The van der Waals surface area contributed by atoms with E-state index in [9.17, 15) is 9.59 Å². The van der Waals surface area contributed by atoms with Gasteiger partial charge < -0.3 is 18.9 Å².